The molecule has 3 aromatic rings. The number of esters is 1. The van der Waals surface area contributed by atoms with Gasteiger partial charge in [-0.15, -0.1) is 0 Å². The third kappa shape index (κ3) is 4.38. The number of rotatable bonds is 6. The Morgan fingerprint density at radius 3 is 2.53 bits per heavy atom. The van der Waals surface area contributed by atoms with Crippen molar-refractivity contribution in [1.82, 2.24) is 4.57 Å². The molecule has 0 bridgehead atoms. The second kappa shape index (κ2) is 9.35. The highest BCUT2D eigenvalue weighted by molar-refractivity contribution is 5.79. The zero-order valence-corrected chi connectivity index (χ0v) is 19.9. The number of hydrogen-bond donors (Lipinski definition) is 0. The maximum Gasteiger partial charge on any atom is 0.348 e. The molecule has 0 amide bonds. The van der Waals surface area contributed by atoms with Gasteiger partial charge in [0.15, 0.2) is 17.6 Å². The summed E-state index contributed by atoms with van der Waals surface area (Å²) in [5, 5.41) is 0. The molecule has 5 heteroatoms. The average Bonchev–Trinajstić information content (AvgIpc) is 3.05. The Morgan fingerprint density at radius 2 is 1.84 bits per heavy atom. The smallest absolute Gasteiger partial charge is 0.348 e. The van der Waals surface area contributed by atoms with Crippen LogP contribution in [0, 0.1) is 17.8 Å². The SMILES string of the molecule is COc1ccc(-c2n(CC(=O)O[C@@H]3C[C@@H](C)CC[C@@H]3C(C)C)c3ccccc3[n+]2C)cc1. The first-order valence-electron chi connectivity index (χ1n) is 11.7. The van der Waals surface area contributed by atoms with Gasteiger partial charge in [0, 0.05) is 0 Å². The van der Waals surface area contributed by atoms with Gasteiger partial charge in [0.1, 0.15) is 11.9 Å². The minimum Gasteiger partial charge on any atom is -0.497 e. The number of aromatic nitrogens is 2. The van der Waals surface area contributed by atoms with Gasteiger partial charge in [0.2, 0.25) is 0 Å². The normalized spacial score (nSPS) is 21.1. The van der Waals surface area contributed by atoms with Crippen LogP contribution in [0.1, 0.15) is 40.0 Å². The number of nitrogens with zero attached hydrogens (tertiary/aromatic N) is 2. The average molecular weight is 436 g/mol. The number of hydrogen-bond acceptors (Lipinski definition) is 3. The number of para-hydroxylation sites is 2. The summed E-state index contributed by atoms with van der Waals surface area (Å²) in [4.78, 5) is 13.2. The monoisotopic (exact) mass is 435 g/mol. The molecule has 1 fully saturated rings. The van der Waals surface area contributed by atoms with Crippen LogP contribution in [0.5, 0.6) is 5.75 Å². The van der Waals surface area contributed by atoms with E-state index in [9.17, 15) is 4.79 Å². The molecule has 32 heavy (non-hydrogen) atoms. The number of fused-ring (bicyclic) bond motifs is 1. The summed E-state index contributed by atoms with van der Waals surface area (Å²) >= 11 is 0. The van der Waals surface area contributed by atoms with E-state index in [1.165, 1.54) is 6.42 Å². The molecule has 1 aromatic heterocycles. The minimum atomic E-state index is -0.161. The van der Waals surface area contributed by atoms with E-state index in [0.29, 0.717) is 17.8 Å². The van der Waals surface area contributed by atoms with Gasteiger partial charge in [-0.3, -0.25) is 0 Å². The lowest BCUT2D eigenvalue weighted by Gasteiger charge is -2.36. The predicted molar refractivity (Wildman–Crippen MR) is 126 cm³/mol. The van der Waals surface area contributed by atoms with Crippen LogP contribution >= 0.6 is 0 Å². The number of methoxy groups -OCH3 is 1. The topological polar surface area (TPSA) is 44.3 Å². The second-order valence-electron chi connectivity index (χ2n) is 9.54. The molecule has 170 valence electrons. The quantitative estimate of drug-likeness (QED) is 0.398. The van der Waals surface area contributed by atoms with Crippen molar-refractivity contribution in [1.29, 1.82) is 0 Å². The van der Waals surface area contributed by atoms with Crippen LogP contribution in [-0.2, 0) is 23.1 Å². The molecule has 0 unspecified atom stereocenters. The van der Waals surface area contributed by atoms with Gasteiger partial charge in [0.25, 0.3) is 5.82 Å². The molecular formula is C27H35N2O3+. The molecule has 0 aliphatic heterocycles. The number of imidazole rings is 1. The Labute approximate surface area is 191 Å². The standard InChI is InChI=1S/C27H35N2O3/c1-18(2)22-15-10-19(3)16-25(22)32-26(30)17-29-24-9-7-6-8-23(24)28(4)27(29)20-11-13-21(31-5)14-12-20/h6-9,11-14,18-19,22,25H,10,15-17H2,1-5H3/q+1/t19-,22+,25+/m0/s1. The molecule has 1 aliphatic carbocycles. The number of carbonyl (C=O) groups excluding carboxylic acids is 1. The van der Waals surface area contributed by atoms with Gasteiger partial charge in [0.05, 0.1) is 19.7 Å². The fraction of sp³-hybridized carbons (Fsp3) is 0.481. The maximum absolute atomic E-state index is 13.2. The zero-order chi connectivity index (χ0) is 22.8. The van der Waals surface area contributed by atoms with Crippen LogP contribution in [0.4, 0.5) is 0 Å². The molecule has 3 atom stereocenters. The molecule has 0 spiro atoms. The molecule has 0 radical (unpaired) electrons. The van der Waals surface area contributed by atoms with Gasteiger partial charge in [-0.1, -0.05) is 39.3 Å². The summed E-state index contributed by atoms with van der Waals surface area (Å²) in [5.74, 6) is 3.18. The van der Waals surface area contributed by atoms with Crippen molar-refractivity contribution in [2.24, 2.45) is 24.8 Å². The fourth-order valence-corrected chi connectivity index (χ4v) is 5.22. The van der Waals surface area contributed by atoms with E-state index in [-0.39, 0.29) is 18.6 Å². The van der Waals surface area contributed by atoms with Gasteiger partial charge >= 0.3 is 5.97 Å². The van der Waals surface area contributed by atoms with E-state index in [1.807, 2.05) is 43.4 Å². The lowest BCUT2D eigenvalue weighted by molar-refractivity contribution is -0.634. The molecule has 4 rings (SSSR count). The number of ether oxygens (including phenoxy) is 2. The van der Waals surface area contributed by atoms with Gasteiger partial charge in [-0.2, -0.15) is 0 Å². The minimum absolute atomic E-state index is 0.00580. The lowest BCUT2D eigenvalue weighted by atomic mass is 9.75. The Kier molecular flexibility index (Phi) is 6.54. The van der Waals surface area contributed by atoms with E-state index in [0.717, 1.165) is 41.0 Å². The first-order valence-corrected chi connectivity index (χ1v) is 11.7. The molecule has 5 nitrogen and oxygen atoms in total. The zero-order valence-electron chi connectivity index (χ0n) is 19.9. The third-order valence-corrected chi connectivity index (χ3v) is 6.99. The molecule has 2 aromatic carbocycles. The third-order valence-electron chi connectivity index (χ3n) is 6.99. The first kappa shape index (κ1) is 22.4. The summed E-state index contributed by atoms with van der Waals surface area (Å²) in [5.41, 5.74) is 3.14. The summed E-state index contributed by atoms with van der Waals surface area (Å²) in [6.07, 6.45) is 3.32. The molecule has 1 aliphatic rings. The lowest BCUT2D eigenvalue weighted by Crippen LogP contribution is -2.37. The van der Waals surface area contributed by atoms with Crippen molar-refractivity contribution >= 4 is 17.0 Å². The van der Waals surface area contributed by atoms with Crippen LogP contribution in [0.15, 0.2) is 48.5 Å². The molecule has 0 N–H and O–H groups in total. The summed E-state index contributed by atoms with van der Waals surface area (Å²) in [6.45, 7) is 6.93. The second-order valence-corrected chi connectivity index (χ2v) is 9.54. The van der Waals surface area contributed by atoms with E-state index < -0.39 is 0 Å². The molecule has 0 saturated heterocycles. The highest BCUT2D eigenvalue weighted by atomic mass is 16.5. The van der Waals surface area contributed by atoms with Crippen LogP contribution in [0.25, 0.3) is 22.4 Å². The van der Waals surface area contributed by atoms with Crippen LogP contribution in [0.3, 0.4) is 0 Å². The van der Waals surface area contributed by atoms with E-state index in [4.69, 9.17) is 9.47 Å². The Bertz CT molecular complexity index is 1080. The highest BCUT2D eigenvalue weighted by Gasteiger charge is 2.34. The Morgan fingerprint density at radius 1 is 1.12 bits per heavy atom. The molecule has 1 saturated carbocycles. The van der Waals surface area contributed by atoms with Crippen molar-refractivity contribution < 1.29 is 18.8 Å². The van der Waals surface area contributed by atoms with Crippen molar-refractivity contribution in [3.63, 3.8) is 0 Å². The Hall–Kier alpha value is -2.82. The maximum atomic E-state index is 13.2. The molecule has 1 heterocycles. The predicted octanol–water partition coefficient (Wildman–Crippen LogP) is 5.15. The Balaban J connectivity index is 1.66. The summed E-state index contributed by atoms with van der Waals surface area (Å²) in [6, 6.07) is 16.2. The van der Waals surface area contributed by atoms with E-state index in [2.05, 4.69) is 42.0 Å². The van der Waals surface area contributed by atoms with Crippen molar-refractivity contribution in [3.8, 4) is 17.1 Å². The fourth-order valence-electron chi connectivity index (χ4n) is 5.22. The van der Waals surface area contributed by atoms with E-state index in [1.54, 1.807) is 7.11 Å². The largest absolute Gasteiger partial charge is 0.497 e. The van der Waals surface area contributed by atoms with Crippen LogP contribution in [0.2, 0.25) is 0 Å². The van der Waals surface area contributed by atoms with Gasteiger partial charge in [-0.05, 0) is 67.0 Å². The van der Waals surface area contributed by atoms with Crippen LogP contribution in [-0.4, -0.2) is 23.8 Å². The van der Waals surface area contributed by atoms with Gasteiger partial charge in [-0.25, -0.2) is 13.9 Å². The van der Waals surface area contributed by atoms with Gasteiger partial charge < -0.3 is 9.47 Å². The number of carbonyl (C=O) groups is 1. The summed E-state index contributed by atoms with van der Waals surface area (Å²) < 4.78 is 15.7. The highest BCUT2D eigenvalue weighted by Crippen LogP contribution is 2.35. The summed E-state index contributed by atoms with van der Waals surface area (Å²) in [7, 11) is 3.71. The first-order chi connectivity index (χ1) is 15.4. The van der Waals surface area contributed by atoms with Crippen molar-refractivity contribution in [3.05, 3.63) is 48.5 Å². The number of aryl methyl sites for hydroxylation is 1. The molecular weight excluding hydrogens is 400 g/mol. The van der Waals surface area contributed by atoms with Crippen molar-refractivity contribution in [2.45, 2.75) is 52.7 Å². The van der Waals surface area contributed by atoms with Crippen molar-refractivity contribution in [2.75, 3.05) is 7.11 Å². The number of benzene rings is 2. The van der Waals surface area contributed by atoms with E-state index >= 15 is 0 Å². The van der Waals surface area contributed by atoms with Crippen LogP contribution < -0.4 is 9.30 Å².